The zero-order valence-electron chi connectivity index (χ0n) is 23.0. The van der Waals surface area contributed by atoms with Crippen molar-refractivity contribution in [1.29, 1.82) is 0 Å². The quantitative estimate of drug-likeness (QED) is 0.0616. The molecule has 1 N–H and O–H groups in total. The van der Waals surface area contributed by atoms with Crippen LogP contribution in [-0.4, -0.2) is 55.3 Å². The van der Waals surface area contributed by atoms with Crippen LogP contribution in [0.5, 0.6) is 0 Å². The molecule has 0 bridgehead atoms. The average molecular weight is 550 g/mol. The van der Waals surface area contributed by atoms with E-state index in [2.05, 4.69) is 11.2 Å². The summed E-state index contributed by atoms with van der Waals surface area (Å²) in [7, 11) is 0. The normalized spacial score (nSPS) is 17.8. The molecular formula is C31H35NO8. The van der Waals surface area contributed by atoms with Crippen LogP contribution in [-0.2, 0) is 33.4 Å². The number of esters is 2. The highest BCUT2D eigenvalue weighted by atomic mass is 16.7. The summed E-state index contributed by atoms with van der Waals surface area (Å²) in [6.07, 6.45) is 1.97. The van der Waals surface area contributed by atoms with Gasteiger partial charge in [-0.15, -0.1) is 0 Å². The van der Waals surface area contributed by atoms with Gasteiger partial charge in [0, 0.05) is 5.56 Å². The van der Waals surface area contributed by atoms with Gasteiger partial charge in [0.1, 0.15) is 12.7 Å². The Hall–Kier alpha value is -3.82. The maximum atomic E-state index is 12.9. The van der Waals surface area contributed by atoms with E-state index in [1.807, 2.05) is 55.5 Å². The van der Waals surface area contributed by atoms with Crippen LogP contribution >= 0.6 is 0 Å². The number of nitrogens with zero attached hydrogens (tertiary/aromatic N) is 1. The lowest BCUT2D eigenvalue weighted by Gasteiger charge is -2.30. The summed E-state index contributed by atoms with van der Waals surface area (Å²) in [5.41, 5.74) is -0.169. The molecule has 0 radical (unpaired) electrons. The van der Waals surface area contributed by atoms with E-state index in [1.54, 1.807) is 13.8 Å². The van der Waals surface area contributed by atoms with Gasteiger partial charge >= 0.3 is 17.9 Å². The van der Waals surface area contributed by atoms with E-state index < -0.39 is 42.0 Å². The van der Waals surface area contributed by atoms with Gasteiger partial charge in [-0.3, -0.25) is 9.59 Å². The first-order valence-corrected chi connectivity index (χ1v) is 13.5. The third-order valence-corrected chi connectivity index (χ3v) is 7.49. The van der Waals surface area contributed by atoms with Crippen molar-refractivity contribution in [2.24, 2.45) is 22.4 Å². The number of hydrogen-bond acceptors (Lipinski definition) is 9. The SMILES string of the molecule is CCC(C)(CC(CC(C)C(=O)O/N=C/c1c2ccccc2cc2ccccc12)C(=O)OCO)C(=O)OCC1CO1. The van der Waals surface area contributed by atoms with Crippen molar-refractivity contribution in [2.75, 3.05) is 20.0 Å². The summed E-state index contributed by atoms with van der Waals surface area (Å²) >= 11 is 0. The number of ether oxygens (including phenoxy) is 3. The number of oxime groups is 1. The number of epoxide rings is 1. The van der Waals surface area contributed by atoms with E-state index in [-0.39, 0.29) is 25.6 Å². The van der Waals surface area contributed by atoms with Gasteiger partial charge in [-0.05, 0) is 53.8 Å². The minimum absolute atomic E-state index is 0.0407. The second kappa shape index (κ2) is 13.0. The Labute approximate surface area is 233 Å². The highest BCUT2D eigenvalue weighted by molar-refractivity contribution is 6.13. The Morgan fingerprint density at radius 2 is 1.70 bits per heavy atom. The molecule has 3 aromatic carbocycles. The number of aliphatic hydroxyl groups is 1. The van der Waals surface area contributed by atoms with Gasteiger partial charge in [0.25, 0.3) is 0 Å². The molecule has 0 aliphatic carbocycles. The number of carbonyl (C=O) groups is 3. The molecule has 212 valence electrons. The molecule has 4 atom stereocenters. The number of aliphatic hydroxyl groups excluding tert-OH is 1. The first-order valence-electron chi connectivity index (χ1n) is 13.5. The first kappa shape index (κ1) is 29.2. The van der Waals surface area contributed by atoms with Crippen LogP contribution in [0.3, 0.4) is 0 Å². The molecule has 0 amide bonds. The Morgan fingerprint density at radius 1 is 1.07 bits per heavy atom. The zero-order valence-corrected chi connectivity index (χ0v) is 23.0. The van der Waals surface area contributed by atoms with Crippen LogP contribution < -0.4 is 0 Å². The lowest BCUT2D eigenvalue weighted by atomic mass is 9.76. The predicted octanol–water partition coefficient (Wildman–Crippen LogP) is 4.75. The van der Waals surface area contributed by atoms with Crippen LogP contribution in [0.1, 0.15) is 45.6 Å². The second-order valence-corrected chi connectivity index (χ2v) is 10.5. The lowest BCUT2D eigenvalue weighted by Crippen LogP contribution is -2.36. The minimum atomic E-state index is -0.995. The van der Waals surface area contributed by atoms with E-state index in [4.69, 9.17) is 24.2 Å². The molecule has 0 saturated carbocycles. The van der Waals surface area contributed by atoms with Gasteiger partial charge in [0.15, 0.2) is 6.79 Å². The van der Waals surface area contributed by atoms with Gasteiger partial charge in [-0.25, -0.2) is 4.79 Å². The van der Waals surface area contributed by atoms with Crippen molar-refractivity contribution in [3.05, 3.63) is 60.2 Å². The van der Waals surface area contributed by atoms with Gasteiger partial charge in [0.05, 0.1) is 30.1 Å². The van der Waals surface area contributed by atoms with Crippen molar-refractivity contribution < 1.29 is 38.5 Å². The highest BCUT2D eigenvalue weighted by Crippen LogP contribution is 2.35. The second-order valence-electron chi connectivity index (χ2n) is 10.5. The number of rotatable bonds is 13. The Kier molecular flexibility index (Phi) is 9.50. The zero-order chi connectivity index (χ0) is 28.7. The Bertz CT molecular complexity index is 1340. The van der Waals surface area contributed by atoms with E-state index in [1.165, 1.54) is 6.21 Å². The standard InChI is InChI=1S/C31H35NO8/c1-4-31(3,30(36)38-18-24-17-37-24)15-23(29(35)39-19-33)13-20(2)28(34)40-32-16-27-25-11-7-5-9-21(25)14-22-10-6-8-12-26(22)27/h5-12,14,16,20,23-24,33H,4,13,15,17-19H2,1-3H3/b32-16+. The third kappa shape index (κ3) is 7.03. The van der Waals surface area contributed by atoms with Gasteiger partial charge in [0.2, 0.25) is 0 Å². The van der Waals surface area contributed by atoms with Crippen molar-refractivity contribution in [3.8, 4) is 0 Å². The molecule has 4 unspecified atom stereocenters. The Balaban J connectivity index is 1.46. The lowest BCUT2D eigenvalue weighted by molar-refractivity contribution is -0.163. The van der Waals surface area contributed by atoms with Crippen LogP contribution in [0.2, 0.25) is 0 Å². The molecule has 1 saturated heterocycles. The van der Waals surface area contributed by atoms with Crippen molar-refractivity contribution in [2.45, 2.75) is 46.1 Å². The van der Waals surface area contributed by atoms with Gasteiger partial charge in [-0.1, -0.05) is 67.5 Å². The van der Waals surface area contributed by atoms with E-state index in [9.17, 15) is 14.4 Å². The monoisotopic (exact) mass is 549 g/mol. The van der Waals surface area contributed by atoms with Crippen LogP contribution in [0.4, 0.5) is 0 Å². The topological polar surface area (TPSA) is 124 Å². The van der Waals surface area contributed by atoms with Crippen molar-refractivity contribution in [1.82, 2.24) is 0 Å². The third-order valence-electron chi connectivity index (χ3n) is 7.49. The molecule has 9 heteroatoms. The molecule has 1 aliphatic heterocycles. The fourth-order valence-corrected chi connectivity index (χ4v) is 4.80. The molecule has 40 heavy (non-hydrogen) atoms. The van der Waals surface area contributed by atoms with Crippen LogP contribution in [0, 0.1) is 17.3 Å². The smallest absolute Gasteiger partial charge is 0.337 e. The minimum Gasteiger partial charge on any atom is -0.462 e. The molecule has 1 fully saturated rings. The van der Waals surface area contributed by atoms with Gasteiger partial charge < -0.3 is 24.2 Å². The summed E-state index contributed by atoms with van der Waals surface area (Å²) in [5.74, 6) is -3.38. The number of carbonyl (C=O) groups excluding carboxylic acids is 3. The number of hydrogen-bond donors (Lipinski definition) is 1. The van der Waals surface area contributed by atoms with Crippen molar-refractivity contribution in [3.63, 3.8) is 0 Å². The highest BCUT2D eigenvalue weighted by Gasteiger charge is 2.40. The van der Waals surface area contributed by atoms with Crippen molar-refractivity contribution >= 4 is 45.7 Å². The largest absolute Gasteiger partial charge is 0.462 e. The maximum absolute atomic E-state index is 12.9. The molecule has 1 aliphatic rings. The molecule has 0 spiro atoms. The number of fused-ring (bicyclic) bond motifs is 2. The molecule has 9 nitrogen and oxygen atoms in total. The first-order chi connectivity index (χ1) is 19.3. The summed E-state index contributed by atoms with van der Waals surface area (Å²) < 4.78 is 15.3. The summed E-state index contributed by atoms with van der Waals surface area (Å²) in [6.45, 7) is 5.07. The average Bonchev–Trinajstić information content (AvgIpc) is 3.79. The molecule has 4 rings (SSSR count). The van der Waals surface area contributed by atoms with Crippen LogP contribution in [0.25, 0.3) is 21.5 Å². The molecule has 0 aromatic heterocycles. The van der Waals surface area contributed by atoms with E-state index in [0.717, 1.165) is 27.1 Å². The number of benzene rings is 3. The van der Waals surface area contributed by atoms with Crippen LogP contribution in [0.15, 0.2) is 59.8 Å². The summed E-state index contributed by atoms with van der Waals surface area (Å²) in [4.78, 5) is 43.7. The molecule has 3 aromatic rings. The fraction of sp³-hybridized carbons (Fsp3) is 0.419. The predicted molar refractivity (Wildman–Crippen MR) is 149 cm³/mol. The Morgan fingerprint density at radius 3 is 2.27 bits per heavy atom. The molecular weight excluding hydrogens is 514 g/mol. The van der Waals surface area contributed by atoms with Gasteiger partial charge in [-0.2, -0.15) is 0 Å². The summed E-state index contributed by atoms with van der Waals surface area (Å²) in [6, 6.07) is 17.9. The fourth-order valence-electron chi connectivity index (χ4n) is 4.80. The van der Waals surface area contributed by atoms with E-state index >= 15 is 0 Å². The summed E-state index contributed by atoms with van der Waals surface area (Å²) in [5, 5.41) is 17.2. The molecule has 1 heterocycles. The maximum Gasteiger partial charge on any atom is 0.337 e. The van der Waals surface area contributed by atoms with E-state index in [0.29, 0.717) is 13.0 Å².